The van der Waals surface area contributed by atoms with Gasteiger partial charge in [0.2, 0.25) is 0 Å². The summed E-state index contributed by atoms with van der Waals surface area (Å²) >= 11 is 6.08. The highest BCUT2D eigenvalue weighted by Gasteiger charge is 2.26. The van der Waals surface area contributed by atoms with Gasteiger partial charge in [-0.15, -0.1) is 0 Å². The molecule has 0 aliphatic carbocycles. The maximum absolute atomic E-state index is 14.0. The monoisotopic (exact) mass is 435 g/mol. The standard InChI is InChI=1S/C20H19ClFN3O5/c1-30-20(27)14-9-13(10-15(11-14)25(28)29)19(26)24-7-5-23(6-8-24)12-16-17(21)3-2-4-18(16)22/h2-4,9-11H,5-8,12H2,1H3. The zero-order chi connectivity index (χ0) is 21.8. The van der Waals surface area contributed by atoms with E-state index in [4.69, 9.17) is 11.6 Å². The summed E-state index contributed by atoms with van der Waals surface area (Å²) in [4.78, 5) is 38.7. The van der Waals surface area contributed by atoms with Gasteiger partial charge in [-0.3, -0.25) is 19.8 Å². The number of nitrogens with zero attached hydrogens (tertiary/aromatic N) is 3. The third-order valence-corrected chi connectivity index (χ3v) is 5.25. The second-order valence-corrected chi connectivity index (χ2v) is 7.19. The van der Waals surface area contributed by atoms with Gasteiger partial charge in [0.15, 0.2) is 0 Å². The zero-order valence-corrected chi connectivity index (χ0v) is 16.9. The normalized spacial score (nSPS) is 14.4. The molecule has 1 saturated heterocycles. The summed E-state index contributed by atoms with van der Waals surface area (Å²) < 4.78 is 18.6. The Morgan fingerprint density at radius 3 is 2.43 bits per heavy atom. The number of ether oxygens (including phenoxy) is 1. The van der Waals surface area contributed by atoms with Crippen molar-refractivity contribution in [3.8, 4) is 0 Å². The Kier molecular flexibility index (Phi) is 6.63. The van der Waals surface area contributed by atoms with Crippen LogP contribution in [0.2, 0.25) is 5.02 Å². The van der Waals surface area contributed by atoms with Crippen LogP contribution in [-0.4, -0.2) is 59.9 Å². The van der Waals surface area contributed by atoms with Crippen LogP contribution in [0.15, 0.2) is 36.4 Å². The van der Waals surface area contributed by atoms with Crippen LogP contribution in [-0.2, 0) is 11.3 Å². The number of rotatable bonds is 5. The highest BCUT2D eigenvalue weighted by Crippen LogP contribution is 2.23. The molecule has 1 aliphatic heterocycles. The second kappa shape index (κ2) is 9.19. The Balaban J connectivity index is 1.71. The molecule has 0 saturated carbocycles. The SMILES string of the molecule is COC(=O)c1cc(C(=O)N2CCN(Cc3c(F)cccc3Cl)CC2)cc([N+](=O)[O-])c1. The second-order valence-electron chi connectivity index (χ2n) is 6.79. The molecule has 30 heavy (non-hydrogen) atoms. The highest BCUT2D eigenvalue weighted by molar-refractivity contribution is 6.31. The molecule has 2 aromatic carbocycles. The summed E-state index contributed by atoms with van der Waals surface area (Å²) in [5.41, 5.74) is 0.00695. The van der Waals surface area contributed by atoms with Gasteiger partial charge in [-0.2, -0.15) is 0 Å². The van der Waals surface area contributed by atoms with Gasteiger partial charge in [-0.05, 0) is 18.2 Å². The predicted octanol–water partition coefficient (Wildman–Crippen LogP) is 3.13. The Morgan fingerprint density at radius 2 is 1.83 bits per heavy atom. The first-order valence-corrected chi connectivity index (χ1v) is 9.50. The number of piperazine rings is 1. The minimum absolute atomic E-state index is 0.0372. The molecule has 158 valence electrons. The van der Waals surface area contributed by atoms with Gasteiger partial charge in [0.1, 0.15) is 5.82 Å². The van der Waals surface area contributed by atoms with Gasteiger partial charge in [0.25, 0.3) is 11.6 Å². The number of nitro groups is 1. The third-order valence-electron chi connectivity index (χ3n) is 4.90. The fourth-order valence-corrected chi connectivity index (χ4v) is 3.50. The average molecular weight is 436 g/mol. The van der Waals surface area contributed by atoms with Crippen LogP contribution in [0.25, 0.3) is 0 Å². The lowest BCUT2D eigenvalue weighted by atomic mass is 10.1. The number of carbonyl (C=O) groups excluding carboxylic acids is 2. The van der Waals surface area contributed by atoms with Crippen molar-refractivity contribution >= 4 is 29.2 Å². The van der Waals surface area contributed by atoms with Gasteiger partial charge in [-0.1, -0.05) is 17.7 Å². The quantitative estimate of drug-likeness (QED) is 0.407. The molecule has 8 nitrogen and oxygen atoms in total. The molecule has 1 aliphatic rings. The van der Waals surface area contributed by atoms with E-state index in [1.54, 1.807) is 17.0 Å². The molecule has 0 aromatic heterocycles. The Bertz CT molecular complexity index is 972. The number of hydrogen-bond donors (Lipinski definition) is 0. The van der Waals surface area contributed by atoms with Crippen molar-refractivity contribution < 1.29 is 23.6 Å². The lowest BCUT2D eigenvalue weighted by Crippen LogP contribution is -2.48. The van der Waals surface area contributed by atoms with Gasteiger partial charge < -0.3 is 9.64 Å². The molecular formula is C20H19ClFN3O5. The average Bonchev–Trinajstić information content (AvgIpc) is 2.75. The first kappa shape index (κ1) is 21.7. The van der Waals surface area contributed by atoms with E-state index in [1.165, 1.54) is 12.1 Å². The molecule has 3 rings (SSSR count). The molecule has 0 radical (unpaired) electrons. The molecule has 0 spiro atoms. The lowest BCUT2D eigenvalue weighted by molar-refractivity contribution is -0.384. The molecule has 2 aromatic rings. The van der Waals surface area contributed by atoms with Crippen molar-refractivity contribution in [1.82, 2.24) is 9.80 Å². The summed E-state index contributed by atoms with van der Waals surface area (Å²) in [6, 6.07) is 8.01. The van der Waals surface area contributed by atoms with E-state index in [0.717, 1.165) is 19.2 Å². The van der Waals surface area contributed by atoms with Crippen molar-refractivity contribution in [2.45, 2.75) is 6.54 Å². The minimum Gasteiger partial charge on any atom is -0.465 e. The number of benzene rings is 2. The van der Waals surface area contributed by atoms with E-state index >= 15 is 0 Å². The van der Waals surface area contributed by atoms with E-state index in [1.807, 2.05) is 4.90 Å². The first-order valence-electron chi connectivity index (χ1n) is 9.12. The van der Waals surface area contributed by atoms with E-state index in [0.29, 0.717) is 43.3 Å². The van der Waals surface area contributed by atoms with E-state index in [-0.39, 0.29) is 22.6 Å². The fraction of sp³-hybridized carbons (Fsp3) is 0.300. The van der Waals surface area contributed by atoms with E-state index < -0.39 is 16.8 Å². The summed E-state index contributed by atoms with van der Waals surface area (Å²) in [7, 11) is 1.16. The largest absolute Gasteiger partial charge is 0.465 e. The molecule has 0 bridgehead atoms. The van der Waals surface area contributed by atoms with Crippen LogP contribution in [0.1, 0.15) is 26.3 Å². The third kappa shape index (κ3) is 4.74. The Morgan fingerprint density at radius 1 is 1.17 bits per heavy atom. The number of hydrogen-bond acceptors (Lipinski definition) is 6. The van der Waals surface area contributed by atoms with Crippen molar-refractivity contribution in [2.75, 3.05) is 33.3 Å². The van der Waals surface area contributed by atoms with Gasteiger partial charge in [-0.25, -0.2) is 9.18 Å². The summed E-state index contributed by atoms with van der Waals surface area (Å²) in [5.74, 6) is -1.57. The zero-order valence-electron chi connectivity index (χ0n) is 16.1. The molecular weight excluding hydrogens is 417 g/mol. The molecule has 1 fully saturated rings. The van der Waals surface area contributed by atoms with E-state index in [9.17, 15) is 24.1 Å². The number of esters is 1. The lowest BCUT2D eigenvalue weighted by Gasteiger charge is -2.35. The Hall–Kier alpha value is -3.04. The van der Waals surface area contributed by atoms with Crippen LogP contribution in [0.4, 0.5) is 10.1 Å². The summed E-state index contributed by atoms with van der Waals surface area (Å²) in [6.07, 6.45) is 0. The predicted molar refractivity (Wildman–Crippen MR) is 107 cm³/mol. The summed E-state index contributed by atoms with van der Waals surface area (Å²) in [5, 5.41) is 11.5. The molecule has 1 amide bonds. The van der Waals surface area contributed by atoms with Crippen molar-refractivity contribution in [2.24, 2.45) is 0 Å². The van der Waals surface area contributed by atoms with Gasteiger partial charge >= 0.3 is 5.97 Å². The smallest absolute Gasteiger partial charge is 0.338 e. The van der Waals surface area contributed by atoms with Gasteiger partial charge in [0, 0.05) is 61.0 Å². The minimum atomic E-state index is -0.765. The van der Waals surface area contributed by atoms with Crippen molar-refractivity contribution in [3.63, 3.8) is 0 Å². The molecule has 0 N–H and O–H groups in total. The molecule has 1 heterocycles. The number of nitro benzene ring substituents is 1. The topological polar surface area (TPSA) is 93.0 Å². The Labute approximate surface area is 176 Å². The maximum atomic E-state index is 14.0. The van der Waals surface area contributed by atoms with E-state index in [2.05, 4.69) is 4.74 Å². The highest BCUT2D eigenvalue weighted by atomic mass is 35.5. The van der Waals surface area contributed by atoms with Crippen molar-refractivity contribution in [1.29, 1.82) is 0 Å². The van der Waals surface area contributed by atoms with Crippen LogP contribution < -0.4 is 0 Å². The van der Waals surface area contributed by atoms with Crippen LogP contribution in [0, 0.1) is 15.9 Å². The van der Waals surface area contributed by atoms with Crippen LogP contribution in [0.5, 0.6) is 0 Å². The fourth-order valence-electron chi connectivity index (χ4n) is 3.27. The number of amides is 1. The number of carbonyl (C=O) groups is 2. The van der Waals surface area contributed by atoms with Gasteiger partial charge in [0.05, 0.1) is 17.6 Å². The number of non-ortho nitro benzene ring substituents is 1. The first-order chi connectivity index (χ1) is 14.3. The van der Waals surface area contributed by atoms with Crippen LogP contribution >= 0.6 is 11.6 Å². The number of methoxy groups -OCH3 is 1. The molecule has 10 heteroatoms. The van der Waals surface area contributed by atoms with Crippen molar-refractivity contribution in [3.05, 3.63) is 74.0 Å². The molecule has 0 atom stereocenters. The summed E-state index contributed by atoms with van der Waals surface area (Å²) in [6.45, 7) is 1.98. The number of halogens is 2. The van der Waals surface area contributed by atoms with Crippen LogP contribution in [0.3, 0.4) is 0 Å². The maximum Gasteiger partial charge on any atom is 0.338 e. The molecule has 0 unspecified atom stereocenters.